The highest BCUT2D eigenvalue weighted by atomic mass is 27.1. The highest BCUT2D eigenvalue weighted by Crippen LogP contribution is 2.25. The van der Waals surface area contributed by atoms with Crippen LogP contribution in [-0.2, 0) is 3.79 Å². The van der Waals surface area contributed by atoms with Crippen molar-refractivity contribution < 1.29 is 3.79 Å². The van der Waals surface area contributed by atoms with E-state index in [9.17, 15) is 0 Å². The zero-order valence-electron chi connectivity index (χ0n) is 11.9. The predicted octanol–water partition coefficient (Wildman–Crippen LogP) is 3.77. The average Bonchev–Trinajstić information content (AvgIpc) is 2.31. The van der Waals surface area contributed by atoms with E-state index in [2.05, 4.69) is 50.9 Å². The highest BCUT2D eigenvalue weighted by molar-refractivity contribution is 6.36. The molecule has 0 saturated carbocycles. The third-order valence-electron chi connectivity index (χ3n) is 2.59. The molecule has 0 amide bonds. The van der Waals surface area contributed by atoms with Gasteiger partial charge in [-0.15, -0.1) is 10.6 Å². The Kier molecular flexibility index (Phi) is 18.2. The van der Waals surface area contributed by atoms with Gasteiger partial charge in [0.05, 0.1) is 0 Å². The summed E-state index contributed by atoms with van der Waals surface area (Å²) in [6, 6.07) is 0. The van der Waals surface area contributed by atoms with E-state index in [1.807, 2.05) is 0 Å². The molecule has 0 aliphatic rings. The maximum absolute atomic E-state index is 6.08. The van der Waals surface area contributed by atoms with E-state index in [4.69, 9.17) is 3.79 Å². The second kappa shape index (κ2) is 14.6. The summed E-state index contributed by atoms with van der Waals surface area (Å²) in [6.07, 6.45) is 2.40. The standard InChI is InChI=1S/C6H12O.3C2H5.3Al/c1-4-6(3,7)5-2;3*1-2;;;/h3-5H2,1-2H3;3*1H2,2H3;;;/q-1;;;;;;+1. The first-order valence-corrected chi connectivity index (χ1v) is 10.4. The number of hydrogen-bond donors (Lipinski definition) is 0. The Morgan fingerprint density at radius 2 is 1.50 bits per heavy atom. The molecule has 0 N–H and O–H groups in total. The fourth-order valence-electron chi connectivity index (χ4n) is 1.42. The fourth-order valence-corrected chi connectivity index (χ4v) is 4.05. The van der Waals surface area contributed by atoms with Gasteiger partial charge < -0.3 is 3.79 Å². The van der Waals surface area contributed by atoms with Crippen LogP contribution in [0.3, 0.4) is 0 Å². The quantitative estimate of drug-likeness (QED) is 0.609. The lowest BCUT2D eigenvalue weighted by molar-refractivity contribution is 0.0853. The van der Waals surface area contributed by atoms with Gasteiger partial charge in [0.2, 0.25) is 15.2 Å². The maximum Gasteiger partial charge on any atom is 0.423 e. The van der Waals surface area contributed by atoms with Gasteiger partial charge in [0.15, 0.2) is 0 Å². The van der Waals surface area contributed by atoms with Crippen molar-refractivity contribution in [1.29, 1.82) is 0 Å². The minimum atomic E-state index is 0.243. The van der Waals surface area contributed by atoms with Gasteiger partial charge >= 0.3 is 15.6 Å². The Hall–Kier alpha value is 1.56. The van der Waals surface area contributed by atoms with E-state index in [1.54, 1.807) is 0 Å². The van der Waals surface area contributed by atoms with Gasteiger partial charge in [-0.3, -0.25) is 0 Å². The SMILES string of the molecule is C[CH2][Al].C[CH2][Al][CH2]C(CC)(CC)[O][Al][CH2]C. The van der Waals surface area contributed by atoms with E-state index in [0.717, 1.165) is 0 Å². The summed E-state index contributed by atoms with van der Waals surface area (Å²) in [5.74, 6) is 0. The summed E-state index contributed by atoms with van der Waals surface area (Å²) in [7, 11) is 0. The summed E-state index contributed by atoms with van der Waals surface area (Å²) in [6.45, 7) is 11.1. The van der Waals surface area contributed by atoms with Crippen LogP contribution in [0.1, 0.15) is 47.5 Å². The molecule has 0 fully saturated rings. The van der Waals surface area contributed by atoms with Crippen LogP contribution in [0.5, 0.6) is 0 Å². The lowest BCUT2D eigenvalue weighted by Crippen LogP contribution is -2.33. The van der Waals surface area contributed by atoms with Crippen LogP contribution >= 0.6 is 0 Å². The average molecular weight is 268 g/mol. The van der Waals surface area contributed by atoms with Gasteiger partial charge in [-0.25, -0.2) is 0 Å². The van der Waals surface area contributed by atoms with E-state index >= 15 is 0 Å². The predicted molar refractivity (Wildman–Crippen MR) is 77.9 cm³/mol. The number of rotatable bonds is 8. The normalized spacial score (nSPS) is 10.3. The topological polar surface area (TPSA) is 9.23 Å². The number of hydrogen-bond acceptors (Lipinski definition) is 1. The maximum atomic E-state index is 6.08. The first-order chi connectivity index (χ1) is 7.66. The summed E-state index contributed by atoms with van der Waals surface area (Å²) in [4.78, 5) is 0. The van der Waals surface area contributed by atoms with Crippen molar-refractivity contribution in [1.82, 2.24) is 0 Å². The van der Waals surface area contributed by atoms with Crippen molar-refractivity contribution in [3.63, 3.8) is 0 Å². The molecule has 0 heterocycles. The Morgan fingerprint density at radius 1 is 1.00 bits per heavy atom. The third-order valence-corrected chi connectivity index (χ3v) is 5.20. The van der Waals surface area contributed by atoms with Crippen LogP contribution in [0, 0.1) is 0 Å². The van der Waals surface area contributed by atoms with Crippen molar-refractivity contribution in [2.75, 3.05) is 0 Å². The van der Waals surface area contributed by atoms with E-state index in [1.165, 1.54) is 34.0 Å². The fraction of sp³-hybridized carbons (Fsp3) is 1.00. The molecular formula is C12H27Al3O. The highest BCUT2D eigenvalue weighted by Gasteiger charge is 2.24. The summed E-state index contributed by atoms with van der Waals surface area (Å²) >= 11 is 3.44. The van der Waals surface area contributed by atoms with Crippen molar-refractivity contribution >= 4 is 47.1 Å². The molecule has 0 unspecified atom stereocenters. The lowest BCUT2D eigenvalue weighted by atomic mass is 10.0. The van der Waals surface area contributed by atoms with Crippen LogP contribution < -0.4 is 0 Å². The Balaban J connectivity index is 0. The van der Waals surface area contributed by atoms with E-state index < -0.39 is 0 Å². The lowest BCUT2D eigenvalue weighted by Gasteiger charge is -2.34. The van der Waals surface area contributed by atoms with Crippen molar-refractivity contribution in [3.8, 4) is 0 Å². The summed E-state index contributed by atoms with van der Waals surface area (Å²) in [5.41, 5.74) is 0.261. The Bertz CT molecular complexity index is 117. The monoisotopic (exact) mass is 268 g/mol. The molecule has 0 rings (SSSR count). The molecule has 0 atom stereocenters. The van der Waals surface area contributed by atoms with Crippen LogP contribution in [0.25, 0.3) is 0 Å². The minimum Gasteiger partial charge on any atom is -0.503 e. The first kappa shape index (κ1) is 19.9. The molecule has 0 aromatic rings. The van der Waals surface area contributed by atoms with Crippen molar-refractivity contribution in [2.45, 2.75) is 74.2 Å². The van der Waals surface area contributed by atoms with Gasteiger partial charge in [-0.1, -0.05) is 45.2 Å². The van der Waals surface area contributed by atoms with Crippen LogP contribution in [-0.4, -0.2) is 52.7 Å². The molecule has 16 heavy (non-hydrogen) atoms. The molecule has 0 spiro atoms. The molecule has 0 bridgehead atoms. The van der Waals surface area contributed by atoms with Crippen LogP contribution in [0.2, 0.25) is 21.1 Å². The van der Waals surface area contributed by atoms with Crippen molar-refractivity contribution in [2.24, 2.45) is 0 Å². The zero-order chi connectivity index (χ0) is 12.9. The minimum absolute atomic E-state index is 0.243. The third kappa shape index (κ3) is 10.7. The smallest absolute Gasteiger partial charge is 0.423 e. The molecule has 1 nitrogen and oxygen atoms in total. The molecule has 4 radical (unpaired) electrons. The zero-order valence-corrected chi connectivity index (χ0v) is 15.3. The van der Waals surface area contributed by atoms with Crippen LogP contribution in [0.15, 0.2) is 0 Å². The Morgan fingerprint density at radius 3 is 1.81 bits per heavy atom. The second-order valence-corrected chi connectivity index (χ2v) is 7.90. The van der Waals surface area contributed by atoms with Crippen molar-refractivity contribution in [3.05, 3.63) is 0 Å². The van der Waals surface area contributed by atoms with Gasteiger partial charge in [-0.05, 0) is 12.8 Å². The molecule has 4 heteroatoms. The molecule has 0 aliphatic heterocycles. The molecular weight excluding hydrogens is 241 g/mol. The van der Waals surface area contributed by atoms with Gasteiger partial charge in [0.1, 0.15) is 16.3 Å². The Labute approximate surface area is 124 Å². The van der Waals surface area contributed by atoms with Crippen LogP contribution in [0.4, 0.5) is 0 Å². The molecule has 0 saturated heterocycles. The van der Waals surface area contributed by atoms with Gasteiger partial charge in [-0.2, -0.15) is 0 Å². The molecule has 0 aliphatic carbocycles. The largest absolute Gasteiger partial charge is 0.503 e. The molecule has 90 valence electrons. The van der Waals surface area contributed by atoms with Gasteiger partial charge in [0, 0.05) is 5.60 Å². The molecule has 0 aromatic heterocycles. The van der Waals surface area contributed by atoms with Gasteiger partial charge in [0.25, 0.3) is 0 Å². The van der Waals surface area contributed by atoms with E-state index in [0.29, 0.717) is 15.2 Å². The first-order valence-electron chi connectivity index (χ1n) is 6.67. The molecule has 0 aromatic carbocycles. The second-order valence-electron chi connectivity index (χ2n) is 3.89. The van der Waals surface area contributed by atoms with E-state index in [-0.39, 0.29) is 21.2 Å². The summed E-state index contributed by atoms with van der Waals surface area (Å²) in [5, 5.41) is 5.10. The summed E-state index contributed by atoms with van der Waals surface area (Å²) < 4.78 is 6.08.